The number of nitrogens with zero attached hydrogens (tertiary/aromatic N) is 2. The van der Waals surface area contributed by atoms with E-state index in [1.165, 1.54) is 0 Å². The molecule has 0 bridgehead atoms. The fourth-order valence-electron chi connectivity index (χ4n) is 3.27. The van der Waals surface area contributed by atoms with Gasteiger partial charge in [0.1, 0.15) is 6.54 Å². The van der Waals surface area contributed by atoms with E-state index in [0.29, 0.717) is 30.0 Å². The van der Waals surface area contributed by atoms with Gasteiger partial charge in [-0.15, -0.1) is 0 Å². The zero-order chi connectivity index (χ0) is 22.5. The minimum atomic E-state index is -3.69. The molecule has 0 aliphatic rings. The van der Waals surface area contributed by atoms with Gasteiger partial charge in [0.2, 0.25) is 15.9 Å². The van der Waals surface area contributed by atoms with Gasteiger partial charge in [-0.25, -0.2) is 8.42 Å². The first-order valence-electron chi connectivity index (χ1n) is 9.81. The first-order valence-corrected chi connectivity index (χ1v) is 11.7. The number of hydrogen-bond acceptors (Lipinski definition) is 4. The van der Waals surface area contributed by atoms with Crippen LogP contribution in [0.25, 0.3) is 0 Å². The summed E-state index contributed by atoms with van der Waals surface area (Å²) in [6.45, 7) is 8.21. The van der Waals surface area contributed by atoms with Crippen LogP contribution in [-0.4, -0.2) is 51.0 Å². The fourth-order valence-corrected chi connectivity index (χ4v) is 4.11. The van der Waals surface area contributed by atoms with Crippen LogP contribution in [0, 0.1) is 13.8 Å². The van der Waals surface area contributed by atoms with Crippen LogP contribution in [0.15, 0.2) is 42.5 Å². The molecule has 0 aliphatic heterocycles. The molecule has 2 aromatic rings. The van der Waals surface area contributed by atoms with E-state index < -0.39 is 22.5 Å². The molecule has 0 heterocycles. The molecule has 2 aromatic carbocycles. The summed E-state index contributed by atoms with van der Waals surface area (Å²) in [4.78, 5) is 27.2. The average Bonchev–Trinajstić information content (AvgIpc) is 2.65. The van der Waals surface area contributed by atoms with Crippen LogP contribution in [0.1, 0.15) is 35.3 Å². The van der Waals surface area contributed by atoms with Gasteiger partial charge in [0.05, 0.1) is 23.2 Å². The van der Waals surface area contributed by atoms with Crippen molar-refractivity contribution in [3.05, 3.63) is 59.2 Å². The Kier molecular flexibility index (Phi) is 7.61. The van der Waals surface area contributed by atoms with Crippen molar-refractivity contribution in [2.45, 2.75) is 27.7 Å². The molecule has 0 spiro atoms. The smallest absolute Gasteiger partial charge is 0.255 e. The summed E-state index contributed by atoms with van der Waals surface area (Å²) < 4.78 is 25.8. The van der Waals surface area contributed by atoms with E-state index in [0.717, 1.165) is 21.7 Å². The highest BCUT2D eigenvalue weighted by Crippen LogP contribution is 2.22. The van der Waals surface area contributed by atoms with Gasteiger partial charge < -0.3 is 10.2 Å². The van der Waals surface area contributed by atoms with Gasteiger partial charge in [-0.3, -0.25) is 13.9 Å². The van der Waals surface area contributed by atoms with Crippen LogP contribution in [0.5, 0.6) is 0 Å². The number of amides is 2. The van der Waals surface area contributed by atoms with Gasteiger partial charge in [-0.05, 0) is 63.1 Å². The van der Waals surface area contributed by atoms with Crippen LogP contribution in [0.4, 0.5) is 11.4 Å². The number of carbonyl (C=O) groups is 2. The molecule has 162 valence electrons. The molecule has 0 fully saturated rings. The van der Waals surface area contributed by atoms with Crippen LogP contribution >= 0.6 is 0 Å². The lowest BCUT2D eigenvalue weighted by Crippen LogP contribution is -2.38. The Morgan fingerprint density at radius 3 is 2.07 bits per heavy atom. The second kappa shape index (κ2) is 9.75. The van der Waals surface area contributed by atoms with Crippen molar-refractivity contribution in [3.63, 3.8) is 0 Å². The molecule has 1 N–H and O–H groups in total. The fraction of sp³-hybridized carbons (Fsp3) is 0.364. The number of hydrogen-bond donors (Lipinski definition) is 1. The average molecular weight is 432 g/mol. The van der Waals surface area contributed by atoms with E-state index in [-0.39, 0.29) is 5.91 Å². The predicted molar refractivity (Wildman–Crippen MR) is 120 cm³/mol. The van der Waals surface area contributed by atoms with Crippen LogP contribution < -0.4 is 9.62 Å². The molecule has 0 saturated carbocycles. The summed E-state index contributed by atoms with van der Waals surface area (Å²) in [5, 5.41) is 2.70. The number of para-hydroxylation sites is 1. The van der Waals surface area contributed by atoms with E-state index in [4.69, 9.17) is 0 Å². The lowest BCUT2D eigenvalue weighted by atomic mass is 10.1. The number of sulfonamides is 1. The monoisotopic (exact) mass is 431 g/mol. The van der Waals surface area contributed by atoms with Gasteiger partial charge in [-0.1, -0.05) is 18.2 Å². The minimum Gasteiger partial charge on any atom is -0.339 e. The van der Waals surface area contributed by atoms with Gasteiger partial charge in [0.25, 0.3) is 5.91 Å². The largest absolute Gasteiger partial charge is 0.339 e. The van der Waals surface area contributed by atoms with Gasteiger partial charge in [0, 0.05) is 13.1 Å². The highest BCUT2D eigenvalue weighted by molar-refractivity contribution is 7.92. The standard InChI is InChI=1S/C22H29N3O4S/c1-6-24(7-2)22(27)19-10-8-9-11-20(19)23-21(26)15-25(30(5,28)29)18-13-16(3)12-17(4)14-18/h8-14H,6-7,15H2,1-5H3,(H,23,26). The molecule has 2 rings (SSSR count). The second-order valence-corrected chi connectivity index (χ2v) is 9.09. The summed E-state index contributed by atoms with van der Waals surface area (Å²) in [6, 6.07) is 12.1. The molecule has 0 unspecified atom stereocenters. The number of anilines is 2. The highest BCUT2D eigenvalue weighted by atomic mass is 32.2. The summed E-state index contributed by atoms with van der Waals surface area (Å²) in [5.41, 5.74) is 2.95. The maximum Gasteiger partial charge on any atom is 0.255 e. The quantitative estimate of drug-likeness (QED) is 0.695. The minimum absolute atomic E-state index is 0.190. The highest BCUT2D eigenvalue weighted by Gasteiger charge is 2.23. The van der Waals surface area contributed by atoms with Crippen molar-refractivity contribution in [1.82, 2.24) is 4.90 Å². The van der Waals surface area contributed by atoms with Gasteiger partial charge >= 0.3 is 0 Å². The number of aryl methyl sites for hydroxylation is 2. The third kappa shape index (κ3) is 5.82. The van der Waals surface area contributed by atoms with Gasteiger partial charge in [0.15, 0.2) is 0 Å². The molecular formula is C22H29N3O4S. The summed E-state index contributed by atoms with van der Waals surface area (Å²) >= 11 is 0. The van der Waals surface area contributed by atoms with Crippen LogP contribution in [0.2, 0.25) is 0 Å². The molecular weight excluding hydrogens is 402 g/mol. The Morgan fingerprint density at radius 1 is 0.967 bits per heavy atom. The lowest BCUT2D eigenvalue weighted by Gasteiger charge is -2.24. The van der Waals surface area contributed by atoms with E-state index in [1.54, 1.807) is 41.3 Å². The van der Waals surface area contributed by atoms with Crippen molar-refractivity contribution in [2.75, 3.05) is 35.5 Å². The van der Waals surface area contributed by atoms with Crippen molar-refractivity contribution in [1.29, 1.82) is 0 Å². The molecule has 0 radical (unpaired) electrons. The van der Waals surface area contributed by atoms with Crippen molar-refractivity contribution < 1.29 is 18.0 Å². The van der Waals surface area contributed by atoms with E-state index in [9.17, 15) is 18.0 Å². The van der Waals surface area contributed by atoms with E-state index in [1.807, 2.05) is 33.8 Å². The molecule has 8 heteroatoms. The Morgan fingerprint density at radius 2 is 1.53 bits per heavy atom. The zero-order valence-corrected chi connectivity index (χ0v) is 18.9. The lowest BCUT2D eigenvalue weighted by molar-refractivity contribution is -0.114. The number of rotatable bonds is 8. The van der Waals surface area contributed by atoms with Crippen molar-refractivity contribution in [2.24, 2.45) is 0 Å². The molecule has 7 nitrogen and oxygen atoms in total. The first-order chi connectivity index (χ1) is 14.1. The maximum atomic E-state index is 12.8. The van der Waals surface area contributed by atoms with Crippen LogP contribution in [-0.2, 0) is 14.8 Å². The predicted octanol–water partition coefficient (Wildman–Crippen LogP) is 3.19. The summed E-state index contributed by atoms with van der Waals surface area (Å²) in [7, 11) is -3.69. The third-order valence-electron chi connectivity index (χ3n) is 4.66. The Balaban J connectivity index is 2.30. The first kappa shape index (κ1) is 23.4. The number of carbonyl (C=O) groups excluding carboxylic acids is 2. The van der Waals surface area contributed by atoms with Crippen molar-refractivity contribution in [3.8, 4) is 0 Å². The number of benzene rings is 2. The Hall–Kier alpha value is -2.87. The second-order valence-electron chi connectivity index (χ2n) is 7.19. The van der Waals surface area contributed by atoms with E-state index in [2.05, 4.69) is 5.32 Å². The SMILES string of the molecule is CCN(CC)C(=O)c1ccccc1NC(=O)CN(c1cc(C)cc(C)c1)S(C)(=O)=O. The molecule has 0 atom stereocenters. The molecule has 0 saturated heterocycles. The molecule has 30 heavy (non-hydrogen) atoms. The van der Waals surface area contributed by atoms with Gasteiger partial charge in [-0.2, -0.15) is 0 Å². The molecule has 0 aliphatic carbocycles. The van der Waals surface area contributed by atoms with E-state index >= 15 is 0 Å². The Bertz CT molecular complexity index is 1010. The topological polar surface area (TPSA) is 86.8 Å². The summed E-state index contributed by atoms with van der Waals surface area (Å²) in [6.07, 6.45) is 1.07. The third-order valence-corrected chi connectivity index (χ3v) is 5.80. The van der Waals surface area contributed by atoms with Crippen LogP contribution in [0.3, 0.4) is 0 Å². The molecule has 2 amide bonds. The van der Waals surface area contributed by atoms with Crippen molar-refractivity contribution >= 4 is 33.2 Å². The normalized spacial score (nSPS) is 11.1. The Labute approximate surface area is 178 Å². The summed E-state index contributed by atoms with van der Waals surface area (Å²) in [5.74, 6) is -0.718. The molecule has 0 aromatic heterocycles. The maximum absolute atomic E-state index is 12.8. The number of nitrogens with one attached hydrogen (secondary N) is 1. The zero-order valence-electron chi connectivity index (χ0n) is 18.1.